The third-order valence-electron chi connectivity index (χ3n) is 0.966. The van der Waals surface area contributed by atoms with E-state index in [4.69, 9.17) is 0 Å². The van der Waals surface area contributed by atoms with Crippen LogP contribution in [0.5, 0.6) is 0 Å². The van der Waals surface area contributed by atoms with Crippen LogP contribution in [0.1, 0.15) is 6.92 Å². The van der Waals surface area contributed by atoms with Gasteiger partial charge in [-0.2, -0.15) is 0 Å². The highest BCUT2D eigenvalue weighted by Gasteiger charge is 1.87. The van der Waals surface area contributed by atoms with E-state index in [-0.39, 0.29) is 8.80 Å². The first-order valence-electron chi connectivity index (χ1n) is 3.34. The minimum absolute atomic E-state index is 0.0358. The van der Waals surface area contributed by atoms with Crippen molar-refractivity contribution in [1.82, 2.24) is 0 Å². The summed E-state index contributed by atoms with van der Waals surface area (Å²) in [4.78, 5) is 0. The van der Waals surface area contributed by atoms with Gasteiger partial charge in [0.15, 0.2) is 0 Å². The maximum Gasteiger partial charge on any atom is 0.0452 e. The van der Waals surface area contributed by atoms with E-state index >= 15 is 0 Å². The zero-order valence-corrected chi connectivity index (χ0v) is 7.52. The van der Waals surface area contributed by atoms with Crippen LogP contribution in [0.2, 0.25) is 19.1 Å². The number of hydrogen-bond acceptors (Lipinski definition) is 0. The van der Waals surface area contributed by atoms with E-state index in [0.29, 0.717) is 0 Å². The van der Waals surface area contributed by atoms with Gasteiger partial charge >= 0.3 is 0 Å². The molecule has 0 aliphatic rings. The Morgan fingerprint density at radius 3 is 2.33 bits per heavy atom. The van der Waals surface area contributed by atoms with E-state index in [2.05, 4.69) is 31.3 Å². The van der Waals surface area contributed by atoms with Crippen molar-refractivity contribution >= 4 is 8.80 Å². The van der Waals surface area contributed by atoms with E-state index in [9.17, 15) is 0 Å². The molecule has 0 atom stereocenters. The van der Waals surface area contributed by atoms with Gasteiger partial charge in [-0.05, 0) is 13.0 Å². The van der Waals surface area contributed by atoms with Gasteiger partial charge in [0, 0.05) is 8.80 Å². The second-order valence-corrected chi connectivity index (χ2v) is 5.19. The third kappa shape index (κ3) is 7.70. The van der Waals surface area contributed by atoms with Crippen molar-refractivity contribution < 1.29 is 0 Å². The second-order valence-electron chi connectivity index (χ2n) is 2.37. The molecule has 0 amide bonds. The smallest absolute Gasteiger partial charge is 0.0452 e. The van der Waals surface area contributed by atoms with E-state index in [1.807, 2.05) is 13.0 Å². The molecule has 0 saturated heterocycles. The van der Waals surface area contributed by atoms with Crippen molar-refractivity contribution in [3.05, 3.63) is 24.3 Å². The lowest BCUT2D eigenvalue weighted by Gasteiger charge is -1.91. The SMILES string of the molecule is C/C=C/C=C/C[Si](C)C. The van der Waals surface area contributed by atoms with Crippen molar-refractivity contribution in [2.24, 2.45) is 0 Å². The maximum atomic E-state index is 2.32. The summed E-state index contributed by atoms with van der Waals surface area (Å²) in [5, 5.41) is 0. The van der Waals surface area contributed by atoms with Crippen LogP contribution in [-0.4, -0.2) is 8.80 Å². The average molecular weight is 139 g/mol. The summed E-state index contributed by atoms with van der Waals surface area (Å²) in [6.45, 7) is 6.68. The van der Waals surface area contributed by atoms with Gasteiger partial charge in [0.1, 0.15) is 0 Å². The Balaban J connectivity index is 3.25. The van der Waals surface area contributed by atoms with Crippen LogP contribution in [0.15, 0.2) is 24.3 Å². The Morgan fingerprint density at radius 2 is 1.89 bits per heavy atom. The van der Waals surface area contributed by atoms with Gasteiger partial charge in [0.25, 0.3) is 0 Å². The molecule has 51 valence electrons. The lowest BCUT2D eigenvalue weighted by Crippen LogP contribution is -1.94. The fraction of sp³-hybridized carbons (Fsp3) is 0.500. The molecule has 9 heavy (non-hydrogen) atoms. The van der Waals surface area contributed by atoms with Crippen molar-refractivity contribution in [3.8, 4) is 0 Å². The summed E-state index contributed by atoms with van der Waals surface area (Å²) in [5.41, 5.74) is 0. The fourth-order valence-corrected chi connectivity index (χ4v) is 1.10. The number of hydrogen-bond donors (Lipinski definition) is 0. The minimum Gasteiger partial charge on any atom is -0.0877 e. The molecule has 0 spiro atoms. The molecule has 0 saturated carbocycles. The molecule has 0 bridgehead atoms. The van der Waals surface area contributed by atoms with Crippen molar-refractivity contribution in [1.29, 1.82) is 0 Å². The first kappa shape index (κ1) is 8.70. The largest absolute Gasteiger partial charge is 0.0877 e. The lowest BCUT2D eigenvalue weighted by atomic mass is 10.5. The molecule has 0 aromatic heterocycles. The summed E-state index contributed by atoms with van der Waals surface area (Å²) >= 11 is 0. The molecule has 0 fully saturated rings. The summed E-state index contributed by atoms with van der Waals surface area (Å²) < 4.78 is 0. The molecule has 0 aliphatic heterocycles. The first-order valence-corrected chi connectivity index (χ1v) is 6.05. The predicted octanol–water partition coefficient (Wildman–Crippen LogP) is 2.87. The Bertz CT molecular complexity index is 101. The monoisotopic (exact) mass is 139 g/mol. The summed E-state index contributed by atoms with van der Waals surface area (Å²) in [7, 11) is -0.0358. The zero-order chi connectivity index (χ0) is 7.11. The molecule has 1 radical (unpaired) electrons. The van der Waals surface area contributed by atoms with Crippen molar-refractivity contribution in [2.75, 3.05) is 0 Å². The van der Waals surface area contributed by atoms with Gasteiger partial charge in [0.2, 0.25) is 0 Å². The Morgan fingerprint density at radius 1 is 1.22 bits per heavy atom. The summed E-state index contributed by atoms with van der Waals surface area (Å²) in [6.07, 6.45) is 8.49. The number of rotatable bonds is 3. The average Bonchev–Trinajstić information content (AvgIpc) is 1.80. The van der Waals surface area contributed by atoms with Crippen LogP contribution in [-0.2, 0) is 0 Å². The molecule has 0 unspecified atom stereocenters. The third-order valence-corrected chi connectivity index (χ3v) is 2.02. The van der Waals surface area contributed by atoms with Crippen LogP contribution >= 0.6 is 0 Å². The quantitative estimate of drug-likeness (QED) is 0.416. The lowest BCUT2D eigenvalue weighted by molar-refractivity contribution is 1.59. The van der Waals surface area contributed by atoms with E-state index in [0.717, 1.165) is 0 Å². The van der Waals surface area contributed by atoms with Gasteiger partial charge in [-0.15, -0.1) is 0 Å². The predicted molar refractivity (Wildman–Crippen MR) is 46.2 cm³/mol. The zero-order valence-electron chi connectivity index (χ0n) is 6.52. The number of allylic oxidation sites excluding steroid dienone is 4. The second kappa shape index (κ2) is 5.83. The van der Waals surface area contributed by atoms with Crippen LogP contribution in [0.25, 0.3) is 0 Å². The standard InChI is InChI=1S/C8H15Si/c1-4-5-6-7-8-9(2)3/h4-7H,8H2,1-3H3/b5-4+,7-6+. The molecular formula is C8H15Si. The van der Waals surface area contributed by atoms with E-state index in [1.54, 1.807) is 0 Å². The van der Waals surface area contributed by atoms with Gasteiger partial charge < -0.3 is 0 Å². The topological polar surface area (TPSA) is 0 Å². The fourth-order valence-electron chi connectivity index (χ4n) is 0.493. The highest BCUT2D eigenvalue weighted by molar-refractivity contribution is 6.56. The van der Waals surface area contributed by atoms with Crippen LogP contribution in [0, 0.1) is 0 Å². The van der Waals surface area contributed by atoms with Gasteiger partial charge in [-0.25, -0.2) is 0 Å². The molecule has 0 aromatic rings. The Labute approximate surface area is 59.9 Å². The van der Waals surface area contributed by atoms with Crippen molar-refractivity contribution in [3.63, 3.8) is 0 Å². The molecule has 0 nitrogen and oxygen atoms in total. The molecule has 1 heteroatoms. The van der Waals surface area contributed by atoms with E-state index in [1.165, 1.54) is 6.04 Å². The molecule has 0 N–H and O–H groups in total. The van der Waals surface area contributed by atoms with Crippen LogP contribution < -0.4 is 0 Å². The molecule has 0 aliphatic carbocycles. The Kier molecular flexibility index (Phi) is 5.63. The highest BCUT2D eigenvalue weighted by Crippen LogP contribution is 1.91. The first-order chi connectivity index (χ1) is 4.27. The van der Waals surface area contributed by atoms with E-state index < -0.39 is 0 Å². The van der Waals surface area contributed by atoms with Gasteiger partial charge in [0.05, 0.1) is 0 Å². The Hall–Kier alpha value is -0.303. The van der Waals surface area contributed by atoms with Gasteiger partial charge in [-0.3, -0.25) is 0 Å². The molecular weight excluding hydrogens is 124 g/mol. The summed E-state index contributed by atoms with van der Waals surface area (Å²) in [6, 6.07) is 1.29. The minimum atomic E-state index is -0.0358. The normalized spacial score (nSPS) is 12.4. The summed E-state index contributed by atoms with van der Waals surface area (Å²) in [5.74, 6) is 0. The van der Waals surface area contributed by atoms with Crippen LogP contribution in [0.4, 0.5) is 0 Å². The molecule has 0 heterocycles. The van der Waals surface area contributed by atoms with Crippen LogP contribution in [0.3, 0.4) is 0 Å². The highest BCUT2D eigenvalue weighted by atomic mass is 28.3. The maximum absolute atomic E-state index is 2.32. The van der Waals surface area contributed by atoms with Gasteiger partial charge in [-0.1, -0.05) is 37.4 Å². The molecule has 0 rings (SSSR count). The molecule has 0 aromatic carbocycles. The van der Waals surface area contributed by atoms with Crippen molar-refractivity contribution in [2.45, 2.75) is 26.1 Å².